The lowest BCUT2D eigenvalue weighted by atomic mass is 10.2. The minimum absolute atomic E-state index is 0.126. The molecule has 2 N–H and O–H groups in total. The first kappa shape index (κ1) is 18.9. The van der Waals surface area contributed by atoms with E-state index in [9.17, 15) is 4.79 Å². The van der Waals surface area contributed by atoms with Gasteiger partial charge in [0.1, 0.15) is 5.75 Å². The minimum atomic E-state index is -0.194. The zero-order valence-corrected chi connectivity index (χ0v) is 15.4. The molecule has 0 bridgehead atoms. The number of amides is 1. The van der Waals surface area contributed by atoms with E-state index in [4.69, 9.17) is 4.74 Å². The third kappa shape index (κ3) is 5.03. The van der Waals surface area contributed by atoms with Gasteiger partial charge >= 0.3 is 0 Å². The number of rotatable bonds is 9. The summed E-state index contributed by atoms with van der Waals surface area (Å²) in [6.07, 6.45) is 0.786. The standard InChI is InChI=1S/C18H27N5O2/c1-5-16-17(18(24)20-12-11-19-6-2)21-22-23(16)14-7-9-15(10-8-14)25-13(3)4/h7-10,13,19H,5-6,11-12H2,1-4H3,(H,20,24). The molecule has 136 valence electrons. The highest BCUT2D eigenvalue weighted by molar-refractivity contribution is 5.93. The van der Waals surface area contributed by atoms with Crippen molar-refractivity contribution in [2.75, 3.05) is 19.6 Å². The van der Waals surface area contributed by atoms with Gasteiger partial charge in [0.05, 0.1) is 17.5 Å². The van der Waals surface area contributed by atoms with Crippen molar-refractivity contribution in [3.05, 3.63) is 35.7 Å². The number of nitrogens with zero attached hydrogens (tertiary/aromatic N) is 3. The molecule has 25 heavy (non-hydrogen) atoms. The molecule has 1 aromatic carbocycles. The highest BCUT2D eigenvalue weighted by atomic mass is 16.5. The van der Waals surface area contributed by atoms with Crippen LogP contribution in [0.15, 0.2) is 24.3 Å². The van der Waals surface area contributed by atoms with E-state index in [1.165, 1.54) is 0 Å². The highest BCUT2D eigenvalue weighted by Gasteiger charge is 2.19. The summed E-state index contributed by atoms with van der Waals surface area (Å²) < 4.78 is 7.36. The quantitative estimate of drug-likeness (QED) is 0.679. The Labute approximate surface area is 148 Å². The smallest absolute Gasteiger partial charge is 0.273 e. The molecule has 2 aromatic rings. The third-order valence-corrected chi connectivity index (χ3v) is 3.60. The predicted octanol–water partition coefficient (Wildman–Crippen LogP) is 1.96. The molecule has 0 unspecified atom stereocenters. The molecule has 1 heterocycles. The van der Waals surface area contributed by atoms with Crippen molar-refractivity contribution in [2.24, 2.45) is 0 Å². The van der Waals surface area contributed by atoms with Gasteiger partial charge in [-0.15, -0.1) is 5.10 Å². The van der Waals surface area contributed by atoms with Gasteiger partial charge in [-0.1, -0.05) is 19.1 Å². The van der Waals surface area contributed by atoms with Gasteiger partial charge in [-0.05, 0) is 51.1 Å². The lowest BCUT2D eigenvalue weighted by molar-refractivity contribution is 0.0948. The van der Waals surface area contributed by atoms with Crippen LogP contribution in [0.4, 0.5) is 0 Å². The third-order valence-electron chi connectivity index (χ3n) is 3.60. The molecule has 0 aliphatic rings. The highest BCUT2D eigenvalue weighted by Crippen LogP contribution is 2.18. The van der Waals surface area contributed by atoms with Crippen LogP contribution < -0.4 is 15.4 Å². The molecule has 0 atom stereocenters. The zero-order valence-electron chi connectivity index (χ0n) is 15.4. The van der Waals surface area contributed by atoms with Crippen molar-refractivity contribution in [3.63, 3.8) is 0 Å². The van der Waals surface area contributed by atoms with Gasteiger partial charge in [0, 0.05) is 13.1 Å². The summed E-state index contributed by atoms with van der Waals surface area (Å²) in [5, 5.41) is 14.3. The second kappa shape index (κ2) is 9.17. The Morgan fingerprint density at radius 3 is 2.52 bits per heavy atom. The summed E-state index contributed by atoms with van der Waals surface area (Å²) in [5.74, 6) is 0.610. The molecular weight excluding hydrogens is 318 g/mol. The van der Waals surface area contributed by atoms with Gasteiger partial charge in [0.15, 0.2) is 5.69 Å². The molecule has 0 fully saturated rings. The topological polar surface area (TPSA) is 81.1 Å². The largest absolute Gasteiger partial charge is 0.491 e. The maximum Gasteiger partial charge on any atom is 0.273 e. The van der Waals surface area contributed by atoms with Crippen molar-refractivity contribution < 1.29 is 9.53 Å². The average Bonchev–Trinajstić information content (AvgIpc) is 3.02. The monoisotopic (exact) mass is 345 g/mol. The first-order chi connectivity index (χ1) is 12.1. The molecule has 0 saturated heterocycles. The van der Waals surface area contributed by atoms with Gasteiger partial charge < -0.3 is 15.4 Å². The van der Waals surface area contributed by atoms with Crippen LogP contribution in [0.2, 0.25) is 0 Å². The van der Waals surface area contributed by atoms with Gasteiger partial charge in [-0.3, -0.25) is 4.79 Å². The van der Waals surface area contributed by atoms with Crippen LogP contribution in [0.25, 0.3) is 5.69 Å². The van der Waals surface area contributed by atoms with Gasteiger partial charge in [-0.2, -0.15) is 0 Å². The van der Waals surface area contributed by atoms with Gasteiger partial charge in [0.2, 0.25) is 0 Å². The van der Waals surface area contributed by atoms with Crippen molar-refractivity contribution >= 4 is 5.91 Å². The number of likely N-dealkylation sites (N-methyl/N-ethyl adjacent to an activating group) is 1. The Bertz CT molecular complexity index is 679. The maximum absolute atomic E-state index is 12.3. The Balaban J connectivity index is 2.14. The van der Waals surface area contributed by atoms with E-state index >= 15 is 0 Å². The van der Waals surface area contributed by atoms with Crippen LogP contribution in [0, 0.1) is 0 Å². The lowest BCUT2D eigenvalue weighted by Crippen LogP contribution is -2.32. The molecule has 1 aromatic heterocycles. The molecule has 7 heteroatoms. The van der Waals surface area contributed by atoms with E-state index in [1.807, 2.05) is 52.0 Å². The predicted molar refractivity (Wildman–Crippen MR) is 97.4 cm³/mol. The molecule has 1 amide bonds. The number of carbonyl (C=O) groups excluding carboxylic acids is 1. The second-order valence-corrected chi connectivity index (χ2v) is 5.92. The molecule has 7 nitrogen and oxygen atoms in total. The number of hydrogen-bond acceptors (Lipinski definition) is 5. The number of aromatic nitrogens is 3. The summed E-state index contributed by atoms with van der Waals surface area (Å²) in [6, 6.07) is 7.62. The van der Waals surface area contributed by atoms with E-state index in [1.54, 1.807) is 4.68 Å². The summed E-state index contributed by atoms with van der Waals surface area (Å²) in [6.45, 7) is 10.2. The number of nitrogens with one attached hydrogen (secondary N) is 2. The Hall–Kier alpha value is -2.41. The first-order valence-electron chi connectivity index (χ1n) is 8.77. The van der Waals surface area contributed by atoms with Gasteiger partial charge in [-0.25, -0.2) is 4.68 Å². The maximum atomic E-state index is 12.3. The average molecular weight is 345 g/mol. The summed E-state index contributed by atoms with van der Waals surface area (Å²) in [5.41, 5.74) is 2.02. The fourth-order valence-corrected chi connectivity index (χ4v) is 2.47. The van der Waals surface area contributed by atoms with E-state index in [0.29, 0.717) is 18.7 Å². The molecule has 0 aliphatic heterocycles. The van der Waals surface area contributed by atoms with Crippen LogP contribution in [0.3, 0.4) is 0 Å². The fraction of sp³-hybridized carbons (Fsp3) is 0.500. The summed E-state index contributed by atoms with van der Waals surface area (Å²) in [4.78, 5) is 12.3. The molecular formula is C18H27N5O2. The number of benzene rings is 1. The Kier molecular flexibility index (Phi) is 6.94. The summed E-state index contributed by atoms with van der Waals surface area (Å²) in [7, 11) is 0. The van der Waals surface area contributed by atoms with Crippen molar-refractivity contribution in [1.82, 2.24) is 25.6 Å². The van der Waals surface area contributed by atoms with Crippen LogP contribution in [-0.2, 0) is 6.42 Å². The van der Waals surface area contributed by atoms with Crippen LogP contribution in [0.1, 0.15) is 43.9 Å². The van der Waals surface area contributed by atoms with E-state index < -0.39 is 0 Å². The Morgan fingerprint density at radius 2 is 1.92 bits per heavy atom. The van der Waals surface area contributed by atoms with Crippen molar-refractivity contribution in [2.45, 2.75) is 40.2 Å². The van der Waals surface area contributed by atoms with E-state index in [2.05, 4.69) is 20.9 Å². The number of carbonyl (C=O) groups is 1. The number of hydrogen-bond donors (Lipinski definition) is 2. The second-order valence-electron chi connectivity index (χ2n) is 5.92. The van der Waals surface area contributed by atoms with Gasteiger partial charge in [0.25, 0.3) is 5.91 Å². The SMILES string of the molecule is CCNCCNC(=O)c1nnn(-c2ccc(OC(C)C)cc2)c1CC. The first-order valence-corrected chi connectivity index (χ1v) is 8.77. The molecule has 0 aliphatic carbocycles. The van der Waals surface area contributed by atoms with Crippen molar-refractivity contribution in [3.8, 4) is 11.4 Å². The van der Waals surface area contributed by atoms with Crippen LogP contribution in [0.5, 0.6) is 5.75 Å². The van der Waals surface area contributed by atoms with Crippen LogP contribution >= 0.6 is 0 Å². The molecule has 0 spiro atoms. The van der Waals surface area contributed by atoms with E-state index in [0.717, 1.165) is 30.2 Å². The molecule has 2 rings (SSSR count). The lowest BCUT2D eigenvalue weighted by Gasteiger charge is -2.11. The normalized spacial score (nSPS) is 10.9. The summed E-state index contributed by atoms with van der Waals surface area (Å²) >= 11 is 0. The Morgan fingerprint density at radius 1 is 1.20 bits per heavy atom. The zero-order chi connectivity index (χ0) is 18.2. The molecule has 0 saturated carbocycles. The van der Waals surface area contributed by atoms with Crippen LogP contribution in [-0.4, -0.2) is 46.6 Å². The van der Waals surface area contributed by atoms with E-state index in [-0.39, 0.29) is 12.0 Å². The number of ether oxygens (including phenoxy) is 1. The minimum Gasteiger partial charge on any atom is -0.491 e. The molecule has 0 radical (unpaired) electrons. The van der Waals surface area contributed by atoms with Crippen molar-refractivity contribution in [1.29, 1.82) is 0 Å². The fourth-order valence-electron chi connectivity index (χ4n) is 2.47.